The van der Waals surface area contributed by atoms with Crippen molar-refractivity contribution in [3.8, 4) is 6.07 Å². The third-order valence-corrected chi connectivity index (χ3v) is 3.62. The first-order valence-corrected chi connectivity index (χ1v) is 6.75. The second-order valence-corrected chi connectivity index (χ2v) is 5.28. The summed E-state index contributed by atoms with van der Waals surface area (Å²) in [6, 6.07) is 8.90. The Labute approximate surface area is 128 Å². The van der Waals surface area contributed by atoms with Crippen molar-refractivity contribution in [1.29, 1.82) is 5.26 Å². The summed E-state index contributed by atoms with van der Waals surface area (Å²) in [5.41, 5.74) is 1.18. The molecule has 2 aromatic carbocycles. The van der Waals surface area contributed by atoms with Gasteiger partial charge in [-0.1, -0.05) is 17.7 Å². The number of halogens is 4. The molecular weight excluding hydrogens is 350 g/mol. The highest BCUT2D eigenvalue weighted by Gasteiger charge is 2.09. The van der Waals surface area contributed by atoms with Crippen molar-refractivity contribution in [3.63, 3.8) is 0 Å². The van der Waals surface area contributed by atoms with Gasteiger partial charge in [-0.25, -0.2) is 8.78 Å². The average Bonchev–Trinajstić information content (AvgIpc) is 2.42. The van der Waals surface area contributed by atoms with Crippen LogP contribution in [0.1, 0.15) is 11.1 Å². The molecule has 2 nitrogen and oxygen atoms in total. The fraction of sp³-hybridized carbons (Fsp3) is 0.0714. The molecule has 0 atom stereocenters. The third kappa shape index (κ3) is 3.27. The first-order valence-electron chi connectivity index (χ1n) is 5.58. The number of benzene rings is 2. The van der Waals surface area contributed by atoms with Crippen LogP contribution in [-0.2, 0) is 6.54 Å². The summed E-state index contributed by atoms with van der Waals surface area (Å²) < 4.78 is 27.0. The van der Waals surface area contributed by atoms with Crippen molar-refractivity contribution in [2.45, 2.75) is 6.54 Å². The lowest BCUT2D eigenvalue weighted by Crippen LogP contribution is -2.03. The van der Waals surface area contributed by atoms with Gasteiger partial charge < -0.3 is 5.32 Å². The number of nitrogens with one attached hydrogen (secondary N) is 1. The van der Waals surface area contributed by atoms with Crippen LogP contribution in [0.3, 0.4) is 0 Å². The first-order chi connectivity index (χ1) is 9.51. The fourth-order valence-electron chi connectivity index (χ4n) is 1.61. The van der Waals surface area contributed by atoms with Crippen LogP contribution in [0.4, 0.5) is 14.5 Å². The van der Waals surface area contributed by atoms with Gasteiger partial charge in [0.1, 0.15) is 11.6 Å². The van der Waals surface area contributed by atoms with E-state index < -0.39 is 11.6 Å². The van der Waals surface area contributed by atoms with Gasteiger partial charge in [0.25, 0.3) is 0 Å². The summed E-state index contributed by atoms with van der Waals surface area (Å²) in [7, 11) is 0. The molecule has 0 heterocycles. The van der Waals surface area contributed by atoms with Crippen LogP contribution in [0.2, 0.25) is 5.02 Å². The Balaban J connectivity index is 2.17. The molecule has 0 aliphatic rings. The Kier molecular flexibility index (Phi) is 4.58. The minimum Gasteiger partial charge on any atom is -0.378 e. The maximum atomic E-state index is 13.6. The van der Waals surface area contributed by atoms with E-state index in [1.54, 1.807) is 12.1 Å². The van der Waals surface area contributed by atoms with E-state index in [2.05, 4.69) is 21.2 Å². The Morgan fingerprint density at radius 3 is 2.60 bits per heavy atom. The van der Waals surface area contributed by atoms with Crippen LogP contribution in [0, 0.1) is 23.0 Å². The van der Waals surface area contributed by atoms with Crippen molar-refractivity contribution >= 4 is 33.2 Å². The van der Waals surface area contributed by atoms with E-state index in [4.69, 9.17) is 16.9 Å². The van der Waals surface area contributed by atoms with Gasteiger partial charge in [-0.2, -0.15) is 5.26 Å². The minimum atomic E-state index is -0.567. The number of nitriles is 1. The molecule has 0 fully saturated rings. The zero-order valence-electron chi connectivity index (χ0n) is 10.1. The molecule has 1 N–H and O–H groups in total. The minimum absolute atomic E-state index is 0.0473. The maximum absolute atomic E-state index is 13.6. The van der Waals surface area contributed by atoms with Gasteiger partial charge in [0.05, 0.1) is 21.8 Å². The maximum Gasteiger partial charge on any atom is 0.147 e. The zero-order valence-corrected chi connectivity index (χ0v) is 12.4. The summed E-state index contributed by atoms with van der Waals surface area (Å²) in [5.74, 6) is -1.12. The smallest absolute Gasteiger partial charge is 0.147 e. The Morgan fingerprint density at radius 1 is 1.20 bits per heavy atom. The van der Waals surface area contributed by atoms with Crippen LogP contribution in [-0.4, -0.2) is 0 Å². The van der Waals surface area contributed by atoms with Crippen LogP contribution in [0.25, 0.3) is 0 Å². The van der Waals surface area contributed by atoms with Gasteiger partial charge in [-0.3, -0.25) is 0 Å². The predicted molar refractivity (Wildman–Crippen MR) is 77.6 cm³/mol. The fourth-order valence-corrected chi connectivity index (χ4v) is 2.17. The van der Waals surface area contributed by atoms with E-state index in [0.29, 0.717) is 16.1 Å². The molecule has 2 rings (SSSR count). The molecule has 0 aliphatic heterocycles. The predicted octanol–water partition coefficient (Wildman–Crippen LogP) is 4.86. The Bertz CT molecular complexity index is 698. The van der Waals surface area contributed by atoms with Crippen molar-refractivity contribution < 1.29 is 8.78 Å². The van der Waals surface area contributed by atoms with Crippen LogP contribution in [0.15, 0.2) is 34.8 Å². The Morgan fingerprint density at radius 2 is 1.95 bits per heavy atom. The second kappa shape index (κ2) is 6.21. The van der Waals surface area contributed by atoms with Gasteiger partial charge >= 0.3 is 0 Å². The molecule has 0 aromatic heterocycles. The van der Waals surface area contributed by atoms with E-state index in [-0.39, 0.29) is 16.7 Å². The molecule has 0 radical (unpaired) electrons. The van der Waals surface area contributed by atoms with Crippen molar-refractivity contribution in [3.05, 3.63) is 62.6 Å². The molecule has 0 spiro atoms. The van der Waals surface area contributed by atoms with Gasteiger partial charge in [-0.15, -0.1) is 0 Å². The molecule has 0 aliphatic carbocycles. The van der Waals surface area contributed by atoms with E-state index in [9.17, 15) is 8.78 Å². The number of hydrogen-bond donors (Lipinski definition) is 1. The normalized spacial score (nSPS) is 10.2. The van der Waals surface area contributed by atoms with E-state index in [0.717, 1.165) is 12.1 Å². The zero-order chi connectivity index (χ0) is 14.7. The molecule has 0 bridgehead atoms. The van der Waals surface area contributed by atoms with E-state index in [1.165, 1.54) is 6.07 Å². The lowest BCUT2D eigenvalue weighted by Gasteiger charge is -2.10. The van der Waals surface area contributed by atoms with Crippen LogP contribution >= 0.6 is 27.5 Å². The Hall–Kier alpha value is -1.64. The van der Waals surface area contributed by atoms with Gasteiger partial charge in [0, 0.05) is 17.6 Å². The van der Waals surface area contributed by atoms with Crippen LogP contribution in [0.5, 0.6) is 0 Å². The van der Waals surface area contributed by atoms with E-state index in [1.807, 2.05) is 6.07 Å². The molecule has 0 saturated heterocycles. The summed E-state index contributed by atoms with van der Waals surface area (Å²) >= 11 is 8.91. The highest BCUT2D eigenvalue weighted by atomic mass is 79.9. The lowest BCUT2D eigenvalue weighted by atomic mass is 10.1. The number of nitrogens with zero attached hydrogens (tertiary/aromatic N) is 1. The first kappa shape index (κ1) is 14.8. The van der Waals surface area contributed by atoms with Crippen molar-refractivity contribution in [2.75, 3.05) is 5.32 Å². The molecular formula is C14H8BrClF2N2. The second-order valence-electron chi connectivity index (χ2n) is 4.02. The molecule has 0 saturated carbocycles. The molecule has 0 amide bonds. The molecule has 6 heteroatoms. The SMILES string of the molecule is N#Cc1ccc(CNc2cc(F)c(Br)cc2F)c(Cl)c1. The molecule has 2 aromatic rings. The van der Waals surface area contributed by atoms with Crippen molar-refractivity contribution in [1.82, 2.24) is 0 Å². The quantitative estimate of drug-likeness (QED) is 0.796. The molecule has 20 heavy (non-hydrogen) atoms. The highest BCUT2D eigenvalue weighted by molar-refractivity contribution is 9.10. The summed E-state index contributed by atoms with van der Waals surface area (Å²) in [6.07, 6.45) is 0. The number of rotatable bonds is 3. The van der Waals surface area contributed by atoms with Gasteiger partial charge in [-0.05, 0) is 39.7 Å². The number of hydrogen-bond acceptors (Lipinski definition) is 2. The van der Waals surface area contributed by atoms with Gasteiger partial charge in [0.2, 0.25) is 0 Å². The summed E-state index contributed by atoms with van der Waals surface area (Å²) in [5, 5.41) is 11.9. The monoisotopic (exact) mass is 356 g/mol. The summed E-state index contributed by atoms with van der Waals surface area (Å²) in [4.78, 5) is 0. The summed E-state index contributed by atoms with van der Waals surface area (Å²) in [6.45, 7) is 0.225. The standard InChI is InChI=1S/C14H8BrClF2N2/c15-10-4-13(18)14(5-12(10)17)20-7-9-2-1-8(6-19)3-11(9)16/h1-5,20H,7H2. The average molecular weight is 358 g/mol. The topological polar surface area (TPSA) is 35.8 Å². The highest BCUT2D eigenvalue weighted by Crippen LogP contribution is 2.25. The third-order valence-electron chi connectivity index (χ3n) is 2.66. The largest absolute Gasteiger partial charge is 0.378 e. The lowest BCUT2D eigenvalue weighted by molar-refractivity contribution is 0.596. The molecule has 102 valence electrons. The van der Waals surface area contributed by atoms with E-state index >= 15 is 0 Å². The number of anilines is 1. The van der Waals surface area contributed by atoms with Gasteiger partial charge in [0.15, 0.2) is 0 Å². The van der Waals surface area contributed by atoms with Crippen LogP contribution < -0.4 is 5.32 Å². The van der Waals surface area contributed by atoms with Crippen molar-refractivity contribution in [2.24, 2.45) is 0 Å². The molecule has 0 unspecified atom stereocenters.